The van der Waals surface area contributed by atoms with Gasteiger partial charge in [0, 0.05) is 5.69 Å². The highest BCUT2D eigenvalue weighted by Gasteiger charge is 2.18. The number of hydrogen-bond donors (Lipinski definition) is 1. The molecule has 32 heavy (non-hydrogen) atoms. The van der Waals surface area contributed by atoms with Crippen molar-refractivity contribution in [2.75, 3.05) is 12.4 Å². The minimum atomic E-state index is -0.804. The summed E-state index contributed by atoms with van der Waals surface area (Å²) in [6.45, 7) is 1.44. The van der Waals surface area contributed by atoms with Gasteiger partial charge in [-0.3, -0.25) is 14.2 Å². The molecule has 1 amide bonds. The zero-order chi connectivity index (χ0) is 22.8. The third kappa shape index (κ3) is 3.90. The number of benzene rings is 3. The molecule has 8 heteroatoms. The maximum Gasteiger partial charge on any atom is 0.336 e. The summed E-state index contributed by atoms with van der Waals surface area (Å²) in [5.74, 6) is -0.552. The van der Waals surface area contributed by atoms with Crippen molar-refractivity contribution in [3.63, 3.8) is 0 Å². The molecule has 1 heterocycles. The largest absolute Gasteiger partial charge is 0.497 e. The number of carbonyl (C=O) groups is 1. The van der Waals surface area contributed by atoms with Crippen LogP contribution in [0.25, 0.3) is 16.6 Å². The number of ether oxygens (including phenoxy) is 1. The molecule has 0 radical (unpaired) electrons. The minimum Gasteiger partial charge on any atom is -0.497 e. The van der Waals surface area contributed by atoms with E-state index in [2.05, 4.69) is 5.32 Å². The molecular formula is C24H20FN3O4. The monoisotopic (exact) mass is 433 g/mol. The Morgan fingerprint density at radius 2 is 1.75 bits per heavy atom. The number of anilines is 1. The fourth-order valence-electron chi connectivity index (χ4n) is 3.50. The average Bonchev–Trinajstić information content (AvgIpc) is 2.78. The molecule has 1 aromatic heterocycles. The van der Waals surface area contributed by atoms with Crippen molar-refractivity contribution in [3.05, 3.63) is 98.9 Å². The van der Waals surface area contributed by atoms with Gasteiger partial charge in [0.1, 0.15) is 18.1 Å². The predicted molar refractivity (Wildman–Crippen MR) is 120 cm³/mol. The standard InChI is InChI=1S/C24H20FN3O4/c1-15-7-12-20-18(13-15)23(30)28(21-6-4-3-5-19(21)25)24(31)27(20)14-22(29)26-16-8-10-17(32-2)11-9-16/h3-13H,14H2,1-2H3,(H,26,29). The van der Waals surface area contributed by atoms with Gasteiger partial charge in [0.2, 0.25) is 5.91 Å². The highest BCUT2D eigenvalue weighted by Crippen LogP contribution is 2.16. The molecule has 0 aliphatic rings. The second kappa shape index (κ2) is 8.50. The van der Waals surface area contributed by atoms with Crippen LogP contribution < -0.4 is 21.3 Å². The normalized spacial score (nSPS) is 10.8. The van der Waals surface area contributed by atoms with Gasteiger partial charge in [0.15, 0.2) is 0 Å². The Bertz CT molecular complexity index is 1440. The second-order valence-corrected chi connectivity index (χ2v) is 7.26. The van der Waals surface area contributed by atoms with Crippen molar-refractivity contribution < 1.29 is 13.9 Å². The number of fused-ring (bicyclic) bond motifs is 1. The van der Waals surface area contributed by atoms with Gasteiger partial charge >= 0.3 is 5.69 Å². The van der Waals surface area contributed by atoms with Gasteiger partial charge in [-0.25, -0.2) is 13.8 Å². The van der Waals surface area contributed by atoms with Crippen molar-refractivity contribution in [2.45, 2.75) is 13.5 Å². The molecule has 162 valence electrons. The number of nitrogens with one attached hydrogen (secondary N) is 1. The van der Waals surface area contributed by atoms with Crippen LogP contribution in [0.2, 0.25) is 0 Å². The number of aryl methyl sites for hydroxylation is 1. The number of para-hydroxylation sites is 1. The van der Waals surface area contributed by atoms with Crippen molar-refractivity contribution in [2.24, 2.45) is 0 Å². The Labute approximate surface area is 182 Å². The van der Waals surface area contributed by atoms with Crippen molar-refractivity contribution in [1.82, 2.24) is 9.13 Å². The molecule has 0 saturated heterocycles. The zero-order valence-corrected chi connectivity index (χ0v) is 17.5. The van der Waals surface area contributed by atoms with Gasteiger partial charge in [-0.05, 0) is 55.5 Å². The Hall–Kier alpha value is -4.20. The average molecular weight is 433 g/mol. The molecule has 0 aliphatic heterocycles. The number of aromatic nitrogens is 2. The molecule has 0 saturated carbocycles. The van der Waals surface area contributed by atoms with E-state index in [4.69, 9.17) is 4.74 Å². The molecule has 4 rings (SSSR count). The van der Waals surface area contributed by atoms with E-state index in [1.807, 2.05) is 0 Å². The van der Waals surface area contributed by atoms with E-state index in [9.17, 15) is 18.8 Å². The van der Waals surface area contributed by atoms with Crippen molar-refractivity contribution in [3.8, 4) is 11.4 Å². The van der Waals surface area contributed by atoms with Crippen LogP contribution in [0.5, 0.6) is 5.75 Å². The second-order valence-electron chi connectivity index (χ2n) is 7.26. The number of hydrogen-bond acceptors (Lipinski definition) is 4. The summed E-state index contributed by atoms with van der Waals surface area (Å²) >= 11 is 0. The molecule has 0 spiro atoms. The number of halogens is 1. The summed E-state index contributed by atoms with van der Waals surface area (Å²) in [6, 6.07) is 17.2. The molecule has 0 unspecified atom stereocenters. The lowest BCUT2D eigenvalue weighted by atomic mass is 10.1. The predicted octanol–water partition coefficient (Wildman–Crippen LogP) is 3.25. The van der Waals surface area contributed by atoms with E-state index in [1.165, 1.54) is 35.9 Å². The summed E-state index contributed by atoms with van der Waals surface area (Å²) in [7, 11) is 1.54. The first kappa shape index (κ1) is 21.0. The van der Waals surface area contributed by atoms with Gasteiger partial charge in [0.05, 0.1) is 23.7 Å². The molecule has 0 fully saturated rings. The highest BCUT2D eigenvalue weighted by molar-refractivity contribution is 5.91. The third-order valence-electron chi connectivity index (χ3n) is 5.07. The van der Waals surface area contributed by atoms with Crippen LogP contribution in [-0.2, 0) is 11.3 Å². The smallest absolute Gasteiger partial charge is 0.336 e. The van der Waals surface area contributed by atoms with Gasteiger partial charge in [-0.15, -0.1) is 0 Å². The SMILES string of the molecule is COc1ccc(NC(=O)Cn2c(=O)n(-c3ccccc3F)c(=O)c3cc(C)ccc32)cc1. The van der Waals surface area contributed by atoms with Gasteiger partial charge < -0.3 is 10.1 Å². The van der Waals surface area contributed by atoms with Gasteiger partial charge in [0.25, 0.3) is 5.56 Å². The van der Waals surface area contributed by atoms with Crippen molar-refractivity contribution in [1.29, 1.82) is 0 Å². The van der Waals surface area contributed by atoms with Crippen LogP contribution in [0, 0.1) is 12.7 Å². The first-order chi connectivity index (χ1) is 15.4. The lowest BCUT2D eigenvalue weighted by molar-refractivity contribution is -0.116. The lowest BCUT2D eigenvalue weighted by Gasteiger charge is -2.15. The molecule has 4 aromatic rings. The highest BCUT2D eigenvalue weighted by atomic mass is 19.1. The summed E-state index contributed by atoms with van der Waals surface area (Å²) in [5.41, 5.74) is -0.0146. The number of nitrogens with zero attached hydrogens (tertiary/aromatic N) is 2. The number of amides is 1. The topological polar surface area (TPSA) is 82.3 Å². The van der Waals surface area contributed by atoms with Gasteiger partial charge in [-0.1, -0.05) is 23.8 Å². The number of carbonyl (C=O) groups excluding carboxylic acids is 1. The van der Waals surface area contributed by atoms with E-state index >= 15 is 0 Å². The summed E-state index contributed by atoms with van der Waals surface area (Å²) in [5, 5.41) is 2.93. The van der Waals surface area contributed by atoms with E-state index in [0.717, 1.165) is 10.1 Å². The molecule has 0 atom stereocenters. The van der Waals surface area contributed by atoms with Crippen molar-refractivity contribution >= 4 is 22.5 Å². The summed E-state index contributed by atoms with van der Waals surface area (Å²) in [4.78, 5) is 39.1. The molecule has 0 bridgehead atoms. The van der Waals surface area contributed by atoms with E-state index in [-0.39, 0.29) is 17.6 Å². The molecule has 0 aliphatic carbocycles. The Kier molecular flexibility index (Phi) is 5.59. The first-order valence-corrected chi connectivity index (χ1v) is 9.84. The van der Waals surface area contributed by atoms with Crippen LogP contribution >= 0.6 is 0 Å². The fraction of sp³-hybridized carbons (Fsp3) is 0.125. The number of methoxy groups -OCH3 is 1. The molecule has 7 nitrogen and oxygen atoms in total. The fourth-order valence-corrected chi connectivity index (χ4v) is 3.50. The third-order valence-corrected chi connectivity index (χ3v) is 5.07. The summed E-state index contributed by atoms with van der Waals surface area (Å²) < 4.78 is 21.5. The molecule has 1 N–H and O–H groups in total. The maximum absolute atomic E-state index is 14.5. The van der Waals surface area contributed by atoms with Crippen LogP contribution in [0.4, 0.5) is 10.1 Å². The molecular weight excluding hydrogens is 413 g/mol. The Morgan fingerprint density at radius 3 is 2.44 bits per heavy atom. The maximum atomic E-state index is 14.5. The first-order valence-electron chi connectivity index (χ1n) is 9.84. The Morgan fingerprint density at radius 1 is 1.03 bits per heavy atom. The van der Waals surface area contributed by atoms with Crippen LogP contribution in [0.1, 0.15) is 5.56 Å². The quantitative estimate of drug-likeness (QED) is 0.524. The summed E-state index contributed by atoms with van der Waals surface area (Å²) in [6.07, 6.45) is 0. The van der Waals surface area contributed by atoms with E-state index in [1.54, 1.807) is 49.4 Å². The minimum absolute atomic E-state index is 0.171. The van der Waals surface area contributed by atoms with Crippen LogP contribution in [0.15, 0.2) is 76.3 Å². The Balaban J connectivity index is 1.83. The van der Waals surface area contributed by atoms with Crippen LogP contribution in [0.3, 0.4) is 0 Å². The number of rotatable bonds is 5. The zero-order valence-electron chi connectivity index (χ0n) is 17.5. The lowest BCUT2D eigenvalue weighted by Crippen LogP contribution is -2.41. The van der Waals surface area contributed by atoms with Crippen LogP contribution in [-0.4, -0.2) is 22.2 Å². The van der Waals surface area contributed by atoms with Gasteiger partial charge in [-0.2, -0.15) is 0 Å². The van der Waals surface area contributed by atoms with E-state index in [0.29, 0.717) is 17.0 Å². The van der Waals surface area contributed by atoms with E-state index < -0.39 is 23.0 Å². The molecule has 3 aromatic carbocycles.